The van der Waals surface area contributed by atoms with Crippen LogP contribution in [0.2, 0.25) is 0 Å². The van der Waals surface area contributed by atoms with Gasteiger partial charge in [-0.05, 0) is 37.3 Å². The molecule has 0 saturated heterocycles. The average Bonchev–Trinajstić information content (AvgIpc) is 2.94. The van der Waals surface area contributed by atoms with Crippen molar-refractivity contribution in [2.24, 2.45) is 0 Å². The number of amides is 1. The number of sulfone groups is 1. The number of benzene rings is 2. The summed E-state index contributed by atoms with van der Waals surface area (Å²) < 4.78 is 27.0. The van der Waals surface area contributed by atoms with E-state index < -0.39 is 15.7 Å². The number of aromatic nitrogens is 2. The van der Waals surface area contributed by atoms with E-state index in [0.717, 1.165) is 5.52 Å². The molecule has 0 radical (unpaired) electrons. The summed E-state index contributed by atoms with van der Waals surface area (Å²) >= 11 is 0. The van der Waals surface area contributed by atoms with Gasteiger partial charge in [0, 0.05) is 6.54 Å². The van der Waals surface area contributed by atoms with Crippen LogP contribution < -0.4 is 11.0 Å². The van der Waals surface area contributed by atoms with Crippen LogP contribution in [0.25, 0.3) is 11.0 Å². The van der Waals surface area contributed by atoms with E-state index in [1.165, 1.54) is 29.7 Å². The lowest BCUT2D eigenvalue weighted by molar-refractivity contribution is -0.116. The van der Waals surface area contributed by atoms with Crippen molar-refractivity contribution in [2.75, 3.05) is 11.1 Å². The molecule has 1 amide bonds. The number of rotatable bonds is 6. The van der Waals surface area contributed by atoms with Gasteiger partial charge in [-0.2, -0.15) is 0 Å². The lowest BCUT2D eigenvalue weighted by Crippen LogP contribution is -2.29. The molecule has 8 nitrogen and oxygen atoms in total. The number of fused-ring (bicyclic) bond motifs is 1. The van der Waals surface area contributed by atoms with Gasteiger partial charge in [0.25, 0.3) is 0 Å². The van der Waals surface area contributed by atoms with Crippen molar-refractivity contribution in [1.29, 1.82) is 0 Å². The van der Waals surface area contributed by atoms with Gasteiger partial charge < -0.3 is 10.4 Å². The molecule has 0 bridgehead atoms. The van der Waals surface area contributed by atoms with Crippen LogP contribution in [0.1, 0.15) is 13.8 Å². The van der Waals surface area contributed by atoms with E-state index in [2.05, 4.69) is 5.32 Å². The van der Waals surface area contributed by atoms with Gasteiger partial charge in [0.15, 0.2) is 9.84 Å². The number of carbonyl (C=O) groups is 1. The van der Waals surface area contributed by atoms with Crippen LogP contribution in [0, 0.1) is 0 Å². The average molecular weight is 403 g/mol. The maximum atomic E-state index is 12.6. The Balaban J connectivity index is 1.92. The fourth-order valence-electron chi connectivity index (χ4n) is 3.04. The smallest absolute Gasteiger partial charge is 0.329 e. The standard InChI is InChI=1S/C19H21N3O5S/c1-3-21-15-7-5-6-8-16(15)22(19(21)25)12-18(24)20-14-11-13(9-10-17(14)23)28(26,27)4-2/h5-11,23H,3-4,12H2,1-2H3,(H,20,24). The van der Waals surface area contributed by atoms with Gasteiger partial charge in [-0.1, -0.05) is 19.1 Å². The number of anilines is 1. The lowest BCUT2D eigenvalue weighted by atomic mass is 10.3. The third kappa shape index (κ3) is 3.53. The lowest BCUT2D eigenvalue weighted by Gasteiger charge is -2.10. The SMILES string of the molecule is CCn1c(=O)n(CC(=O)Nc2cc(S(=O)(=O)CC)ccc2O)c2ccccc21. The molecular weight excluding hydrogens is 382 g/mol. The normalized spacial score (nSPS) is 11.6. The van der Waals surface area contributed by atoms with Crippen molar-refractivity contribution in [2.45, 2.75) is 31.8 Å². The van der Waals surface area contributed by atoms with Crippen LogP contribution in [0.5, 0.6) is 5.75 Å². The maximum Gasteiger partial charge on any atom is 0.329 e. The van der Waals surface area contributed by atoms with Crippen molar-refractivity contribution in [3.8, 4) is 5.75 Å². The summed E-state index contributed by atoms with van der Waals surface area (Å²) in [4.78, 5) is 25.1. The molecule has 1 heterocycles. The van der Waals surface area contributed by atoms with Crippen molar-refractivity contribution in [1.82, 2.24) is 9.13 Å². The number of aromatic hydroxyl groups is 1. The molecule has 2 aromatic carbocycles. The highest BCUT2D eigenvalue weighted by atomic mass is 32.2. The number of para-hydroxylation sites is 2. The molecule has 28 heavy (non-hydrogen) atoms. The van der Waals surface area contributed by atoms with Gasteiger partial charge in [-0.15, -0.1) is 0 Å². The van der Waals surface area contributed by atoms with Crippen molar-refractivity contribution in [3.63, 3.8) is 0 Å². The third-order valence-corrected chi connectivity index (χ3v) is 6.26. The van der Waals surface area contributed by atoms with Crippen molar-refractivity contribution < 1.29 is 18.3 Å². The highest BCUT2D eigenvalue weighted by Gasteiger charge is 2.17. The molecule has 3 aromatic rings. The van der Waals surface area contributed by atoms with Crippen LogP contribution in [0.4, 0.5) is 5.69 Å². The summed E-state index contributed by atoms with van der Waals surface area (Å²) in [6.07, 6.45) is 0. The van der Waals surface area contributed by atoms with Gasteiger partial charge in [-0.25, -0.2) is 13.2 Å². The molecule has 0 fully saturated rings. The van der Waals surface area contributed by atoms with Gasteiger partial charge in [-0.3, -0.25) is 13.9 Å². The summed E-state index contributed by atoms with van der Waals surface area (Å²) in [7, 11) is -3.49. The Bertz CT molecular complexity index is 1210. The number of nitrogens with one attached hydrogen (secondary N) is 1. The van der Waals surface area contributed by atoms with Crippen LogP contribution in [0.3, 0.4) is 0 Å². The highest BCUT2D eigenvalue weighted by Crippen LogP contribution is 2.27. The molecule has 0 aliphatic heterocycles. The zero-order chi connectivity index (χ0) is 20.5. The second kappa shape index (κ2) is 7.51. The molecule has 0 aliphatic rings. The first-order valence-corrected chi connectivity index (χ1v) is 10.5. The number of imidazole rings is 1. The van der Waals surface area contributed by atoms with Gasteiger partial charge >= 0.3 is 5.69 Å². The van der Waals surface area contributed by atoms with E-state index >= 15 is 0 Å². The summed E-state index contributed by atoms with van der Waals surface area (Å²) in [6, 6.07) is 10.9. The summed E-state index contributed by atoms with van der Waals surface area (Å²) in [5.41, 5.74) is 1.01. The quantitative estimate of drug-likeness (QED) is 0.612. The second-order valence-electron chi connectivity index (χ2n) is 6.23. The summed E-state index contributed by atoms with van der Waals surface area (Å²) in [5.74, 6) is -0.911. The summed E-state index contributed by atoms with van der Waals surface area (Å²) in [5, 5.41) is 12.5. The number of aryl methyl sites for hydroxylation is 1. The number of hydrogen-bond acceptors (Lipinski definition) is 5. The van der Waals surface area contributed by atoms with E-state index in [0.29, 0.717) is 12.1 Å². The van der Waals surface area contributed by atoms with Gasteiger partial charge in [0.05, 0.1) is 27.4 Å². The Kier molecular flexibility index (Phi) is 5.28. The Morgan fingerprint density at radius 3 is 2.32 bits per heavy atom. The molecule has 0 unspecified atom stereocenters. The van der Waals surface area contributed by atoms with E-state index in [1.54, 1.807) is 22.8 Å². The van der Waals surface area contributed by atoms with E-state index in [9.17, 15) is 23.1 Å². The van der Waals surface area contributed by atoms with Crippen LogP contribution in [0.15, 0.2) is 52.2 Å². The van der Waals surface area contributed by atoms with Gasteiger partial charge in [0.1, 0.15) is 12.3 Å². The molecule has 0 atom stereocenters. The number of hydrogen-bond donors (Lipinski definition) is 2. The minimum absolute atomic E-state index is 0.00264. The van der Waals surface area contributed by atoms with Crippen molar-refractivity contribution >= 4 is 32.5 Å². The fourth-order valence-corrected chi connectivity index (χ4v) is 3.95. The van der Waals surface area contributed by atoms with Crippen LogP contribution in [-0.2, 0) is 27.7 Å². The maximum absolute atomic E-state index is 12.6. The van der Waals surface area contributed by atoms with Crippen LogP contribution in [-0.4, -0.2) is 34.3 Å². The number of carbonyl (C=O) groups excluding carboxylic acids is 1. The Labute approximate surface area is 162 Å². The van der Waals surface area contributed by atoms with Crippen LogP contribution >= 0.6 is 0 Å². The molecule has 148 valence electrons. The first-order valence-electron chi connectivity index (χ1n) is 8.82. The Morgan fingerprint density at radius 1 is 1.07 bits per heavy atom. The topological polar surface area (TPSA) is 110 Å². The number of phenolic OH excluding ortho intramolecular Hbond substituents is 1. The monoisotopic (exact) mass is 403 g/mol. The fraction of sp³-hybridized carbons (Fsp3) is 0.263. The predicted molar refractivity (Wildman–Crippen MR) is 106 cm³/mol. The van der Waals surface area contributed by atoms with E-state index in [-0.39, 0.29) is 34.3 Å². The molecule has 3 rings (SSSR count). The van der Waals surface area contributed by atoms with E-state index in [4.69, 9.17) is 0 Å². The predicted octanol–water partition coefficient (Wildman–Crippen LogP) is 1.96. The molecule has 1 aromatic heterocycles. The second-order valence-corrected chi connectivity index (χ2v) is 8.51. The van der Waals surface area contributed by atoms with Gasteiger partial charge in [0.2, 0.25) is 5.91 Å². The van der Waals surface area contributed by atoms with Crippen molar-refractivity contribution in [3.05, 3.63) is 52.9 Å². The highest BCUT2D eigenvalue weighted by molar-refractivity contribution is 7.91. The first-order chi connectivity index (χ1) is 13.3. The zero-order valence-corrected chi connectivity index (χ0v) is 16.4. The third-order valence-electron chi connectivity index (χ3n) is 4.52. The first kappa shape index (κ1) is 19.7. The summed E-state index contributed by atoms with van der Waals surface area (Å²) in [6.45, 7) is 3.55. The molecule has 0 spiro atoms. The molecule has 0 aliphatic carbocycles. The molecular formula is C19H21N3O5S. The number of nitrogens with zero attached hydrogens (tertiary/aromatic N) is 2. The molecule has 0 saturated carbocycles. The molecule has 9 heteroatoms. The minimum atomic E-state index is -3.49. The zero-order valence-electron chi connectivity index (χ0n) is 15.5. The van der Waals surface area contributed by atoms with E-state index in [1.807, 2.05) is 13.0 Å². The molecule has 2 N–H and O–H groups in total. The Morgan fingerprint density at radius 2 is 1.71 bits per heavy atom. The Hall–Kier alpha value is -3.07. The number of phenols is 1. The largest absolute Gasteiger partial charge is 0.506 e. The minimum Gasteiger partial charge on any atom is -0.506 e.